The number of likely N-dealkylation sites (tertiary alicyclic amines) is 1. The van der Waals surface area contributed by atoms with Crippen LogP contribution in [0.4, 0.5) is 0 Å². The molecule has 2 rings (SSSR count). The molecule has 1 aliphatic heterocycles. The van der Waals surface area contributed by atoms with Crippen LogP contribution in [0, 0.1) is 0 Å². The molecule has 1 aromatic heterocycles. The molecule has 0 unspecified atom stereocenters. The highest BCUT2D eigenvalue weighted by Gasteiger charge is 2.22. The predicted molar refractivity (Wildman–Crippen MR) is 89.6 cm³/mol. The molecule has 1 fully saturated rings. The number of hydrogen-bond acceptors (Lipinski definition) is 2. The van der Waals surface area contributed by atoms with Crippen LogP contribution < -0.4 is 5.32 Å². The fraction of sp³-hybridized carbons (Fsp3) is 0.688. The van der Waals surface area contributed by atoms with Gasteiger partial charge in [-0.2, -0.15) is 0 Å². The van der Waals surface area contributed by atoms with Crippen LogP contribution in [0.1, 0.15) is 50.0 Å². The Morgan fingerprint density at radius 1 is 1.38 bits per heavy atom. The van der Waals surface area contributed by atoms with Gasteiger partial charge in [0, 0.05) is 36.3 Å². The highest BCUT2D eigenvalue weighted by atomic mass is 79.9. The zero-order chi connectivity index (χ0) is 15.2. The molecule has 21 heavy (non-hydrogen) atoms. The van der Waals surface area contributed by atoms with Gasteiger partial charge >= 0.3 is 0 Å². The lowest BCUT2D eigenvalue weighted by Crippen LogP contribution is -2.45. The van der Waals surface area contributed by atoms with Gasteiger partial charge in [0.25, 0.3) is 5.91 Å². The number of rotatable bonds is 6. The van der Waals surface area contributed by atoms with Gasteiger partial charge in [0.1, 0.15) is 5.69 Å². The number of carbonyl (C=O) groups excluding carboxylic acids is 1. The van der Waals surface area contributed by atoms with Gasteiger partial charge in [-0.25, -0.2) is 0 Å². The van der Waals surface area contributed by atoms with Crippen molar-refractivity contribution in [1.82, 2.24) is 14.8 Å². The van der Waals surface area contributed by atoms with E-state index in [-0.39, 0.29) is 5.91 Å². The molecule has 0 aliphatic carbocycles. The monoisotopic (exact) mass is 355 g/mol. The summed E-state index contributed by atoms with van der Waals surface area (Å²) in [6.45, 7) is 8.49. The number of aromatic nitrogens is 1. The normalized spacial score (nSPS) is 17.1. The van der Waals surface area contributed by atoms with E-state index in [1.807, 2.05) is 16.8 Å². The molecule has 1 saturated heterocycles. The maximum atomic E-state index is 12.4. The van der Waals surface area contributed by atoms with Crippen LogP contribution in [0.5, 0.6) is 0 Å². The van der Waals surface area contributed by atoms with Crippen molar-refractivity contribution in [3.63, 3.8) is 0 Å². The first-order valence-corrected chi connectivity index (χ1v) is 8.82. The predicted octanol–water partition coefficient (Wildman–Crippen LogP) is 3.26. The van der Waals surface area contributed by atoms with Crippen LogP contribution in [-0.4, -0.2) is 41.1 Å². The molecule has 4 nitrogen and oxygen atoms in total. The van der Waals surface area contributed by atoms with Gasteiger partial charge in [-0.1, -0.05) is 13.3 Å². The zero-order valence-electron chi connectivity index (χ0n) is 13.1. The van der Waals surface area contributed by atoms with Crippen LogP contribution >= 0.6 is 15.9 Å². The third-order valence-electron chi connectivity index (χ3n) is 4.19. The van der Waals surface area contributed by atoms with Crippen molar-refractivity contribution in [1.29, 1.82) is 0 Å². The van der Waals surface area contributed by atoms with E-state index >= 15 is 0 Å². The van der Waals surface area contributed by atoms with Crippen LogP contribution in [0.3, 0.4) is 0 Å². The number of unbranched alkanes of at least 4 members (excludes halogenated alkanes) is 1. The number of hydrogen-bond donors (Lipinski definition) is 1. The average Bonchev–Trinajstić information content (AvgIpc) is 2.88. The molecule has 0 atom stereocenters. The van der Waals surface area contributed by atoms with E-state index in [1.54, 1.807) is 0 Å². The standard InChI is InChI=1S/C16H26BrN3O/c1-3-5-8-19-9-6-14(7-10-19)18-16(21)15-11-13(17)12-20(15)4-2/h11-12,14H,3-10H2,1-2H3,(H,18,21). The van der Waals surface area contributed by atoms with Gasteiger partial charge < -0.3 is 14.8 Å². The Hall–Kier alpha value is -0.810. The summed E-state index contributed by atoms with van der Waals surface area (Å²) in [5.74, 6) is 0.0505. The van der Waals surface area contributed by atoms with Gasteiger partial charge in [0.05, 0.1) is 0 Å². The molecule has 0 saturated carbocycles. The largest absolute Gasteiger partial charge is 0.348 e. The third-order valence-corrected chi connectivity index (χ3v) is 4.62. The van der Waals surface area contributed by atoms with Crippen LogP contribution in [-0.2, 0) is 6.54 Å². The second kappa shape index (κ2) is 7.99. The van der Waals surface area contributed by atoms with Crippen LogP contribution in [0.2, 0.25) is 0 Å². The average molecular weight is 356 g/mol. The number of carbonyl (C=O) groups is 1. The fourth-order valence-corrected chi connectivity index (χ4v) is 3.33. The van der Waals surface area contributed by atoms with Gasteiger partial charge in [-0.05, 0) is 54.7 Å². The Labute approximate surface area is 136 Å². The van der Waals surface area contributed by atoms with E-state index in [1.165, 1.54) is 19.4 Å². The molecular formula is C16H26BrN3O. The van der Waals surface area contributed by atoms with Crippen molar-refractivity contribution in [2.24, 2.45) is 0 Å². The maximum absolute atomic E-state index is 12.4. The molecular weight excluding hydrogens is 330 g/mol. The second-order valence-corrected chi connectivity index (χ2v) is 6.69. The maximum Gasteiger partial charge on any atom is 0.268 e. The van der Waals surface area contributed by atoms with Gasteiger partial charge in [0.15, 0.2) is 0 Å². The quantitative estimate of drug-likeness (QED) is 0.850. The minimum Gasteiger partial charge on any atom is -0.348 e. The summed E-state index contributed by atoms with van der Waals surface area (Å²) in [6.07, 6.45) is 6.60. The number of amides is 1. The van der Waals surface area contributed by atoms with E-state index in [0.717, 1.165) is 42.6 Å². The topological polar surface area (TPSA) is 37.3 Å². The van der Waals surface area contributed by atoms with Crippen molar-refractivity contribution >= 4 is 21.8 Å². The van der Waals surface area contributed by atoms with Crippen molar-refractivity contribution in [2.45, 2.75) is 52.1 Å². The summed E-state index contributed by atoms with van der Waals surface area (Å²) in [5.41, 5.74) is 0.748. The number of halogens is 1. The van der Waals surface area contributed by atoms with E-state index < -0.39 is 0 Å². The van der Waals surface area contributed by atoms with Crippen molar-refractivity contribution < 1.29 is 4.79 Å². The lowest BCUT2D eigenvalue weighted by atomic mass is 10.0. The highest BCUT2D eigenvalue weighted by Crippen LogP contribution is 2.16. The summed E-state index contributed by atoms with van der Waals surface area (Å²) in [4.78, 5) is 14.9. The van der Waals surface area contributed by atoms with E-state index in [2.05, 4.69) is 40.0 Å². The Morgan fingerprint density at radius 2 is 2.10 bits per heavy atom. The first-order chi connectivity index (χ1) is 10.1. The summed E-state index contributed by atoms with van der Waals surface area (Å²) in [5, 5.41) is 3.19. The van der Waals surface area contributed by atoms with Crippen molar-refractivity contribution in [3.8, 4) is 0 Å². The van der Waals surface area contributed by atoms with E-state index in [9.17, 15) is 4.79 Å². The second-order valence-electron chi connectivity index (χ2n) is 5.77. The molecule has 118 valence electrons. The Kier molecular flexibility index (Phi) is 6.30. The Morgan fingerprint density at radius 3 is 2.71 bits per heavy atom. The molecule has 1 aliphatic rings. The van der Waals surface area contributed by atoms with Crippen LogP contribution in [0.15, 0.2) is 16.7 Å². The van der Waals surface area contributed by atoms with E-state index in [4.69, 9.17) is 0 Å². The number of nitrogens with one attached hydrogen (secondary N) is 1. The minimum atomic E-state index is 0.0505. The minimum absolute atomic E-state index is 0.0505. The Balaban J connectivity index is 1.84. The SMILES string of the molecule is CCCCN1CCC(NC(=O)c2cc(Br)cn2CC)CC1. The summed E-state index contributed by atoms with van der Waals surface area (Å²) in [7, 11) is 0. The van der Waals surface area contributed by atoms with Gasteiger partial charge in [-0.3, -0.25) is 4.79 Å². The van der Waals surface area contributed by atoms with Crippen molar-refractivity contribution in [3.05, 3.63) is 22.4 Å². The first-order valence-electron chi connectivity index (χ1n) is 8.03. The van der Waals surface area contributed by atoms with Crippen LogP contribution in [0.25, 0.3) is 0 Å². The molecule has 0 radical (unpaired) electrons. The highest BCUT2D eigenvalue weighted by molar-refractivity contribution is 9.10. The molecule has 5 heteroatoms. The number of aryl methyl sites for hydroxylation is 1. The lowest BCUT2D eigenvalue weighted by Gasteiger charge is -2.32. The summed E-state index contributed by atoms with van der Waals surface area (Å²) < 4.78 is 2.94. The smallest absolute Gasteiger partial charge is 0.268 e. The van der Waals surface area contributed by atoms with E-state index in [0.29, 0.717) is 6.04 Å². The fourth-order valence-electron chi connectivity index (χ4n) is 2.87. The molecule has 0 bridgehead atoms. The summed E-state index contributed by atoms with van der Waals surface area (Å²) >= 11 is 3.44. The van der Waals surface area contributed by atoms with Crippen molar-refractivity contribution in [2.75, 3.05) is 19.6 Å². The first kappa shape index (κ1) is 16.6. The zero-order valence-corrected chi connectivity index (χ0v) is 14.7. The molecule has 0 aromatic carbocycles. The summed E-state index contributed by atoms with van der Waals surface area (Å²) in [6, 6.07) is 2.21. The molecule has 1 aromatic rings. The van der Waals surface area contributed by atoms with Gasteiger partial charge in [-0.15, -0.1) is 0 Å². The molecule has 2 heterocycles. The molecule has 1 amide bonds. The molecule has 0 spiro atoms. The molecule has 1 N–H and O–H groups in total. The number of piperidine rings is 1. The lowest BCUT2D eigenvalue weighted by molar-refractivity contribution is 0.0901. The number of nitrogens with zero attached hydrogens (tertiary/aromatic N) is 2. The Bertz CT molecular complexity index is 464. The van der Waals surface area contributed by atoms with Gasteiger partial charge in [0.2, 0.25) is 0 Å². The third kappa shape index (κ3) is 4.58.